The van der Waals surface area contributed by atoms with Gasteiger partial charge in [-0.25, -0.2) is 0 Å². The fraction of sp³-hybridized carbons (Fsp3) is 0.385. The van der Waals surface area contributed by atoms with E-state index in [1.165, 1.54) is 0 Å². The third-order valence-electron chi connectivity index (χ3n) is 2.81. The first-order valence-electron chi connectivity index (χ1n) is 6.11. The number of hydrogen-bond acceptors (Lipinski definition) is 3. The van der Waals surface area contributed by atoms with Gasteiger partial charge in [0.05, 0.1) is 4.90 Å². The van der Waals surface area contributed by atoms with Gasteiger partial charge in [0.15, 0.2) is 5.96 Å². The van der Waals surface area contributed by atoms with Gasteiger partial charge in [-0.15, -0.1) is 11.8 Å². The van der Waals surface area contributed by atoms with E-state index >= 15 is 0 Å². The number of nitrogens with zero attached hydrogens (tertiary/aromatic N) is 1. The van der Waals surface area contributed by atoms with Crippen molar-refractivity contribution >= 4 is 23.6 Å². The third-order valence-corrected chi connectivity index (χ3v) is 4.08. The molecule has 4 N–H and O–H groups in total. The maximum atomic E-state index is 12.0. The van der Waals surface area contributed by atoms with E-state index in [1.54, 1.807) is 11.8 Å². The summed E-state index contributed by atoms with van der Waals surface area (Å²) in [6.45, 7) is 4.01. The van der Waals surface area contributed by atoms with Crippen LogP contribution in [0.3, 0.4) is 0 Å². The number of aryl methyl sites for hydroxylation is 1. The molecule has 0 spiro atoms. The minimum absolute atomic E-state index is 0.182. The summed E-state index contributed by atoms with van der Waals surface area (Å²) in [7, 11) is 0. The summed E-state index contributed by atoms with van der Waals surface area (Å²) in [6, 6.07) is 3.73. The van der Waals surface area contributed by atoms with E-state index in [0.717, 1.165) is 28.4 Å². The molecule has 0 bridgehead atoms. The quantitative estimate of drug-likeness (QED) is 0.633. The van der Waals surface area contributed by atoms with Crippen LogP contribution in [0.1, 0.15) is 29.8 Å². The number of rotatable bonds is 2. The lowest BCUT2D eigenvalue weighted by Gasteiger charge is -2.24. The van der Waals surface area contributed by atoms with Crippen LogP contribution in [0.4, 0.5) is 0 Å². The second kappa shape index (κ2) is 5.52. The van der Waals surface area contributed by atoms with Gasteiger partial charge in [-0.2, -0.15) is 4.99 Å². The lowest BCUT2D eigenvalue weighted by Crippen LogP contribution is -2.24. The zero-order valence-corrected chi connectivity index (χ0v) is 11.8. The molecular formula is C13H17N3O2S. The molecule has 6 heteroatoms. The van der Waals surface area contributed by atoms with Crippen LogP contribution in [-0.4, -0.2) is 23.7 Å². The smallest absolute Gasteiger partial charge is 0.280 e. The maximum Gasteiger partial charge on any atom is 0.280 e. The number of aliphatic imine (C=N–C) groups is 1. The first kappa shape index (κ1) is 13.7. The summed E-state index contributed by atoms with van der Waals surface area (Å²) >= 11 is 1.68. The molecule has 19 heavy (non-hydrogen) atoms. The molecule has 0 aliphatic carbocycles. The number of ether oxygens (including phenoxy) is 1. The topological polar surface area (TPSA) is 90.7 Å². The average Bonchev–Trinajstić information content (AvgIpc) is 2.36. The minimum Gasteiger partial charge on any atom is -0.489 e. The molecule has 1 unspecified atom stereocenters. The van der Waals surface area contributed by atoms with Crippen LogP contribution in [0.5, 0.6) is 5.75 Å². The highest BCUT2D eigenvalue weighted by Crippen LogP contribution is 2.37. The Balaban J connectivity index is 2.44. The molecule has 1 aromatic rings. The van der Waals surface area contributed by atoms with Crippen molar-refractivity contribution in [2.75, 3.05) is 5.75 Å². The predicted octanol–water partition coefficient (Wildman–Crippen LogP) is 1.54. The summed E-state index contributed by atoms with van der Waals surface area (Å²) in [6.07, 6.45) is 0.901. The van der Waals surface area contributed by atoms with E-state index in [1.807, 2.05) is 26.0 Å². The fourth-order valence-corrected chi connectivity index (χ4v) is 2.87. The number of carbonyl (C=O) groups is 1. The van der Waals surface area contributed by atoms with Crippen molar-refractivity contribution in [1.82, 2.24) is 0 Å². The minimum atomic E-state index is -0.404. The lowest BCUT2D eigenvalue weighted by molar-refractivity contribution is 0.100. The van der Waals surface area contributed by atoms with Crippen molar-refractivity contribution in [3.8, 4) is 5.75 Å². The predicted molar refractivity (Wildman–Crippen MR) is 76.8 cm³/mol. The summed E-state index contributed by atoms with van der Waals surface area (Å²) in [5, 5.41) is 0. The fourth-order valence-electron chi connectivity index (χ4n) is 1.93. The van der Waals surface area contributed by atoms with Crippen molar-refractivity contribution in [2.45, 2.75) is 31.3 Å². The number of fused-ring (bicyclic) bond motifs is 1. The Kier molecular flexibility index (Phi) is 3.99. The van der Waals surface area contributed by atoms with Crippen molar-refractivity contribution < 1.29 is 9.53 Å². The van der Waals surface area contributed by atoms with Crippen LogP contribution in [0.15, 0.2) is 22.0 Å². The monoisotopic (exact) mass is 279 g/mol. The van der Waals surface area contributed by atoms with Crippen LogP contribution < -0.4 is 16.2 Å². The number of benzene rings is 1. The molecular weight excluding hydrogens is 262 g/mol. The van der Waals surface area contributed by atoms with Gasteiger partial charge in [-0.1, -0.05) is 6.92 Å². The molecule has 0 fully saturated rings. The molecule has 0 aromatic heterocycles. The number of nitrogens with two attached hydrogens (primary N) is 2. The van der Waals surface area contributed by atoms with Gasteiger partial charge in [-0.3, -0.25) is 4.79 Å². The van der Waals surface area contributed by atoms with Gasteiger partial charge in [0.1, 0.15) is 11.9 Å². The Morgan fingerprint density at radius 3 is 2.89 bits per heavy atom. The molecule has 1 amide bonds. The van der Waals surface area contributed by atoms with Gasteiger partial charge >= 0.3 is 0 Å². The summed E-state index contributed by atoms with van der Waals surface area (Å²) in [5.41, 5.74) is 11.9. The number of guanidine groups is 1. The average molecular weight is 279 g/mol. The second-order valence-corrected chi connectivity index (χ2v) is 5.45. The van der Waals surface area contributed by atoms with Crippen molar-refractivity contribution in [1.29, 1.82) is 0 Å². The Morgan fingerprint density at radius 1 is 1.53 bits per heavy atom. The molecule has 5 nitrogen and oxygen atoms in total. The summed E-state index contributed by atoms with van der Waals surface area (Å²) in [4.78, 5) is 16.6. The van der Waals surface area contributed by atoms with Crippen LogP contribution in [0, 0.1) is 0 Å². The van der Waals surface area contributed by atoms with Gasteiger partial charge in [0.2, 0.25) is 0 Å². The van der Waals surface area contributed by atoms with Crippen molar-refractivity contribution in [3.63, 3.8) is 0 Å². The van der Waals surface area contributed by atoms with Crippen molar-refractivity contribution in [2.24, 2.45) is 16.5 Å². The van der Waals surface area contributed by atoms with Crippen LogP contribution in [0.2, 0.25) is 0 Å². The molecule has 1 aliphatic rings. The largest absolute Gasteiger partial charge is 0.489 e. The Bertz CT molecular complexity index is 539. The summed E-state index contributed by atoms with van der Waals surface area (Å²) in [5.74, 6) is 1.08. The zero-order valence-electron chi connectivity index (χ0n) is 11.0. The SMILES string of the molecule is CCc1cc2c(cc1C(=O)N=C(N)N)SCC(C)O2. The van der Waals surface area contributed by atoms with Gasteiger partial charge < -0.3 is 16.2 Å². The molecule has 1 heterocycles. The van der Waals surface area contributed by atoms with Gasteiger partial charge in [0, 0.05) is 11.3 Å². The van der Waals surface area contributed by atoms with Gasteiger partial charge in [0.25, 0.3) is 5.91 Å². The Hall–Kier alpha value is -1.69. The Labute approximate surface area is 116 Å². The molecule has 1 atom stereocenters. The number of carbonyl (C=O) groups excluding carboxylic acids is 1. The van der Waals surface area contributed by atoms with E-state index in [9.17, 15) is 4.79 Å². The highest BCUT2D eigenvalue weighted by molar-refractivity contribution is 7.99. The number of thioether (sulfide) groups is 1. The van der Waals surface area contributed by atoms with E-state index in [2.05, 4.69) is 4.99 Å². The number of hydrogen-bond donors (Lipinski definition) is 2. The van der Waals surface area contributed by atoms with Crippen molar-refractivity contribution in [3.05, 3.63) is 23.3 Å². The first-order chi connectivity index (χ1) is 9.01. The van der Waals surface area contributed by atoms with E-state index in [4.69, 9.17) is 16.2 Å². The first-order valence-corrected chi connectivity index (χ1v) is 7.10. The highest BCUT2D eigenvalue weighted by Gasteiger charge is 2.21. The molecule has 2 rings (SSSR count). The Morgan fingerprint density at radius 2 is 2.26 bits per heavy atom. The van der Waals surface area contributed by atoms with Crippen LogP contribution >= 0.6 is 11.8 Å². The van der Waals surface area contributed by atoms with E-state index < -0.39 is 5.91 Å². The van der Waals surface area contributed by atoms with E-state index in [0.29, 0.717) is 5.56 Å². The lowest BCUT2D eigenvalue weighted by atomic mass is 10.0. The molecule has 0 radical (unpaired) electrons. The normalized spacial score (nSPS) is 17.3. The van der Waals surface area contributed by atoms with E-state index in [-0.39, 0.29) is 12.1 Å². The molecule has 0 saturated heterocycles. The van der Waals surface area contributed by atoms with Crippen LogP contribution in [0.25, 0.3) is 0 Å². The standard InChI is InChI=1S/C13H17N3O2S/c1-3-8-4-10-11(19-6-7(2)18-10)5-9(8)12(17)16-13(14)15/h4-5,7H,3,6H2,1-2H3,(H4,14,15,16,17). The second-order valence-electron chi connectivity index (χ2n) is 4.39. The third kappa shape index (κ3) is 3.01. The molecule has 0 saturated carbocycles. The van der Waals surface area contributed by atoms with Gasteiger partial charge in [-0.05, 0) is 31.0 Å². The highest BCUT2D eigenvalue weighted by atomic mass is 32.2. The van der Waals surface area contributed by atoms with Crippen LogP contribution in [-0.2, 0) is 6.42 Å². The molecule has 102 valence electrons. The maximum absolute atomic E-state index is 12.0. The summed E-state index contributed by atoms with van der Waals surface area (Å²) < 4.78 is 5.77. The zero-order chi connectivity index (χ0) is 14.0. The number of amides is 1. The molecule has 1 aromatic carbocycles. The molecule has 1 aliphatic heterocycles.